The zero-order chi connectivity index (χ0) is 26.9. The Morgan fingerprint density at radius 1 is 1.13 bits per heavy atom. The second kappa shape index (κ2) is 11.2. The normalized spacial score (nSPS) is 22.1. The number of nitrogens with zero attached hydrogens (tertiary/aromatic N) is 5. The van der Waals surface area contributed by atoms with Gasteiger partial charge < -0.3 is 20.0 Å². The van der Waals surface area contributed by atoms with Gasteiger partial charge in [-0.15, -0.1) is 0 Å². The van der Waals surface area contributed by atoms with Gasteiger partial charge >= 0.3 is 0 Å². The van der Waals surface area contributed by atoms with Crippen molar-refractivity contribution in [2.24, 2.45) is 0 Å². The first-order valence-electron chi connectivity index (χ1n) is 13.7. The van der Waals surface area contributed by atoms with E-state index in [4.69, 9.17) is 0 Å². The molecule has 1 saturated carbocycles. The predicted molar refractivity (Wildman–Crippen MR) is 155 cm³/mol. The Morgan fingerprint density at radius 3 is 2.55 bits per heavy atom. The van der Waals surface area contributed by atoms with Crippen molar-refractivity contribution >= 4 is 46.0 Å². The summed E-state index contributed by atoms with van der Waals surface area (Å²) in [6.45, 7) is 7.20. The maximum Gasteiger partial charge on any atom is 0.274 e. The molecule has 1 saturated heterocycles. The SMILES string of the molecule is CCCN1C(=O)c2cc(C(=O)N3CCN(c4cccc(CI)c4)CC3)nn2CC1(C)C(=O)NC1CCCC1. The van der Waals surface area contributed by atoms with Gasteiger partial charge in [-0.25, -0.2) is 0 Å². The molecule has 0 radical (unpaired) electrons. The van der Waals surface area contributed by atoms with E-state index in [1.807, 2.05) is 18.7 Å². The highest BCUT2D eigenvalue weighted by atomic mass is 127. The highest BCUT2D eigenvalue weighted by Crippen LogP contribution is 2.29. The molecule has 9 nitrogen and oxygen atoms in total. The first-order valence-corrected chi connectivity index (χ1v) is 15.3. The second-order valence-corrected chi connectivity index (χ2v) is 11.6. The lowest BCUT2D eigenvalue weighted by Crippen LogP contribution is -2.65. The number of amides is 3. The molecule has 2 aromatic rings. The molecule has 38 heavy (non-hydrogen) atoms. The number of nitrogens with one attached hydrogen (secondary N) is 1. The number of halogens is 1. The molecule has 2 aliphatic heterocycles. The van der Waals surface area contributed by atoms with Crippen LogP contribution in [0.3, 0.4) is 0 Å². The predicted octanol–water partition coefficient (Wildman–Crippen LogP) is 3.46. The summed E-state index contributed by atoms with van der Waals surface area (Å²) in [5.74, 6) is -0.545. The molecular weight excluding hydrogens is 595 g/mol. The number of carbonyl (C=O) groups excluding carboxylic acids is 3. The summed E-state index contributed by atoms with van der Waals surface area (Å²) in [4.78, 5) is 46.3. The van der Waals surface area contributed by atoms with Gasteiger partial charge in [0, 0.05) is 54.9 Å². The van der Waals surface area contributed by atoms with Crippen LogP contribution in [0.25, 0.3) is 0 Å². The van der Waals surface area contributed by atoms with Crippen LogP contribution in [0.2, 0.25) is 0 Å². The topological polar surface area (TPSA) is 90.8 Å². The van der Waals surface area contributed by atoms with E-state index < -0.39 is 5.54 Å². The van der Waals surface area contributed by atoms with Crippen molar-refractivity contribution in [2.75, 3.05) is 37.6 Å². The van der Waals surface area contributed by atoms with Crippen molar-refractivity contribution in [3.8, 4) is 0 Å². The summed E-state index contributed by atoms with van der Waals surface area (Å²) in [5.41, 5.74) is 2.07. The fourth-order valence-electron chi connectivity index (χ4n) is 5.90. The summed E-state index contributed by atoms with van der Waals surface area (Å²) in [6, 6.07) is 10.3. The number of rotatable bonds is 7. The van der Waals surface area contributed by atoms with Crippen LogP contribution in [0, 0.1) is 0 Å². The minimum absolute atomic E-state index is 0.136. The summed E-state index contributed by atoms with van der Waals surface area (Å²) in [5, 5.41) is 7.74. The molecule has 2 fully saturated rings. The third-order valence-electron chi connectivity index (χ3n) is 8.14. The van der Waals surface area contributed by atoms with Gasteiger partial charge in [-0.05, 0) is 43.9 Å². The molecule has 1 N–H and O–H groups in total. The van der Waals surface area contributed by atoms with Gasteiger partial charge in [0.1, 0.15) is 11.2 Å². The van der Waals surface area contributed by atoms with Gasteiger partial charge in [-0.2, -0.15) is 5.10 Å². The van der Waals surface area contributed by atoms with Crippen LogP contribution >= 0.6 is 22.6 Å². The molecule has 10 heteroatoms. The average Bonchev–Trinajstić information content (AvgIpc) is 3.61. The van der Waals surface area contributed by atoms with E-state index in [0.29, 0.717) is 25.3 Å². The largest absolute Gasteiger partial charge is 0.368 e. The number of hydrogen-bond donors (Lipinski definition) is 1. The minimum Gasteiger partial charge on any atom is -0.368 e. The first kappa shape index (κ1) is 27.0. The van der Waals surface area contributed by atoms with Crippen molar-refractivity contribution in [1.82, 2.24) is 24.9 Å². The average molecular weight is 633 g/mol. The second-order valence-electron chi connectivity index (χ2n) is 10.8. The molecule has 1 aromatic carbocycles. The maximum atomic E-state index is 13.6. The summed E-state index contributed by atoms with van der Waals surface area (Å²) in [7, 11) is 0. The number of benzene rings is 1. The number of anilines is 1. The van der Waals surface area contributed by atoms with Crippen LogP contribution in [-0.2, 0) is 15.8 Å². The van der Waals surface area contributed by atoms with Crippen molar-refractivity contribution < 1.29 is 14.4 Å². The fraction of sp³-hybridized carbons (Fsp3) is 0.571. The van der Waals surface area contributed by atoms with Crippen molar-refractivity contribution in [2.45, 2.75) is 68.5 Å². The Kier molecular flexibility index (Phi) is 7.97. The monoisotopic (exact) mass is 632 g/mol. The van der Waals surface area contributed by atoms with Crippen LogP contribution in [0.5, 0.6) is 0 Å². The van der Waals surface area contributed by atoms with Gasteiger partial charge in [0.2, 0.25) is 5.91 Å². The highest BCUT2D eigenvalue weighted by Gasteiger charge is 2.48. The van der Waals surface area contributed by atoms with E-state index in [1.54, 1.807) is 15.6 Å². The molecule has 1 unspecified atom stereocenters. The fourth-order valence-corrected chi connectivity index (χ4v) is 6.37. The smallest absolute Gasteiger partial charge is 0.274 e. The van der Waals surface area contributed by atoms with Crippen LogP contribution in [-0.4, -0.2) is 81.6 Å². The molecule has 0 spiro atoms. The highest BCUT2D eigenvalue weighted by molar-refractivity contribution is 14.1. The van der Waals surface area contributed by atoms with Crippen molar-refractivity contribution in [1.29, 1.82) is 0 Å². The number of alkyl halides is 1. The van der Waals surface area contributed by atoms with Crippen molar-refractivity contribution in [3.63, 3.8) is 0 Å². The number of fused-ring (bicyclic) bond motifs is 1. The molecular formula is C28H37IN6O3. The number of aromatic nitrogens is 2. The van der Waals surface area contributed by atoms with Crippen LogP contribution in [0.4, 0.5) is 5.69 Å². The van der Waals surface area contributed by atoms with E-state index in [2.05, 4.69) is 62.2 Å². The summed E-state index contributed by atoms with van der Waals surface area (Å²) < 4.78 is 2.53. The Hall–Kier alpha value is -2.63. The van der Waals surface area contributed by atoms with Crippen LogP contribution < -0.4 is 10.2 Å². The van der Waals surface area contributed by atoms with Crippen molar-refractivity contribution in [3.05, 3.63) is 47.3 Å². The lowest BCUT2D eigenvalue weighted by Gasteiger charge is -2.43. The third kappa shape index (κ3) is 5.15. The standard InChI is InChI=1S/C28H37IN6O3/c1-3-11-34-26(37)24-17-23(31-35(24)19-28(34,2)27(38)30-21-8-4-5-9-21)25(36)33-14-12-32(13-15-33)22-10-6-7-20(16-22)18-29/h6-7,10,16-17,21H,3-5,8-9,11-15,18-19H2,1-2H3,(H,30,38). The van der Waals surface area contributed by atoms with Crippen LogP contribution in [0.1, 0.15) is 72.5 Å². The number of carbonyl (C=O) groups is 3. The lowest BCUT2D eigenvalue weighted by atomic mass is 9.94. The van der Waals surface area contributed by atoms with Gasteiger partial charge in [-0.3, -0.25) is 19.1 Å². The molecule has 1 aromatic heterocycles. The number of hydrogen-bond acceptors (Lipinski definition) is 5. The van der Waals surface area contributed by atoms with Gasteiger partial charge in [-0.1, -0.05) is 54.5 Å². The van der Waals surface area contributed by atoms with E-state index in [-0.39, 0.29) is 36.0 Å². The Bertz CT molecular complexity index is 1200. The van der Waals surface area contributed by atoms with E-state index in [9.17, 15) is 14.4 Å². The zero-order valence-corrected chi connectivity index (χ0v) is 24.4. The van der Waals surface area contributed by atoms with Crippen LogP contribution in [0.15, 0.2) is 30.3 Å². The maximum absolute atomic E-state index is 13.6. The Labute approximate surface area is 238 Å². The summed E-state index contributed by atoms with van der Waals surface area (Å²) in [6.07, 6.45) is 4.93. The van der Waals surface area contributed by atoms with E-state index >= 15 is 0 Å². The van der Waals surface area contributed by atoms with E-state index in [0.717, 1.165) is 49.6 Å². The molecule has 0 bridgehead atoms. The van der Waals surface area contributed by atoms with Gasteiger partial charge in [0.25, 0.3) is 11.8 Å². The molecule has 1 atom stereocenters. The molecule has 204 valence electrons. The Balaban J connectivity index is 1.30. The third-order valence-corrected chi connectivity index (χ3v) is 9.02. The Morgan fingerprint density at radius 2 is 1.87 bits per heavy atom. The number of piperazine rings is 1. The van der Waals surface area contributed by atoms with Gasteiger partial charge in [0.15, 0.2) is 5.69 Å². The summed E-state index contributed by atoms with van der Waals surface area (Å²) >= 11 is 2.37. The lowest BCUT2D eigenvalue weighted by molar-refractivity contribution is -0.133. The molecule has 1 aliphatic carbocycles. The molecule has 5 rings (SSSR count). The van der Waals surface area contributed by atoms with E-state index in [1.165, 1.54) is 11.3 Å². The van der Waals surface area contributed by atoms with Gasteiger partial charge in [0.05, 0.1) is 6.54 Å². The molecule has 3 amide bonds. The minimum atomic E-state index is -1.05. The zero-order valence-electron chi connectivity index (χ0n) is 22.3. The molecule has 3 heterocycles. The first-order chi connectivity index (χ1) is 18.3. The molecule has 3 aliphatic rings. The quantitative estimate of drug-likeness (QED) is 0.373.